The van der Waals surface area contributed by atoms with E-state index in [-0.39, 0.29) is 5.56 Å². The highest BCUT2D eigenvalue weighted by Crippen LogP contribution is 2.13. The van der Waals surface area contributed by atoms with Gasteiger partial charge in [0, 0.05) is 11.9 Å². The number of fused-ring (bicyclic) bond motifs is 1. The Kier molecular flexibility index (Phi) is 4.12. The fourth-order valence-corrected chi connectivity index (χ4v) is 2.78. The molecular weight excluding hydrogens is 288 g/mol. The molecule has 0 amide bonds. The highest BCUT2D eigenvalue weighted by molar-refractivity contribution is 9.09. The Bertz CT molecular complexity index is 520. The average Bonchev–Trinajstić information content (AvgIpc) is 2.76. The van der Waals surface area contributed by atoms with E-state index in [1.807, 2.05) is 11.4 Å². The van der Waals surface area contributed by atoms with Gasteiger partial charge in [-0.15, -0.1) is 11.3 Å². The number of hydrogen-bond donors (Lipinski definition) is 0. The zero-order chi connectivity index (χ0) is 11.4. The summed E-state index contributed by atoms with van der Waals surface area (Å²) in [4.78, 5) is 16.2. The summed E-state index contributed by atoms with van der Waals surface area (Å²) in [5, 5.41) is 2.94. The lowest BCUT2D eigenvalue weighted by Gasteiger charge is -2.03. The molecule has 2 rings (SSSR count). The van der Waals surface area contributed by atoms with Crippen molar-refractivity contribution in [3.63, 3.8) is 0 Å². The van der Waals surface area contributed by atoms with Gasteiger partial charge in [0.05, 0.1) is 11.8 Å². The topological polar surface area (TPSA) is 34.9 Å². The number of nitrogens with zero attached hydrogens (tertiary/aromatic N) is 2. The van der Waals surface area contributed by atoms with E-state index in [9.17, 15) is 4.79 Å². The summed E-state index contributed by atoms with van der Waals surface area (Å²) < 4.78 is 2.48. The van der Waals surface area contributed by atoms with Crippen LogP contribution in [0.3, 0.4) is 0 Å². The zero-order valence-corrected chi connectivity index (χ0v) is 11.3. The van der Waals surface area contributed by atoms with Gasteiger partial charge in [0.2, 0.25) is 0 Å². The predicted molar refractivity (Wildman–Crippen MR) is 71.5 cm³/mol. The normalized spacial score (nSPS) is 11.1. The summed E-state index contributed by atoms with van der Waals surface area (Å²) in [5.41, 5.74) is 0.908. The zero-order valence-electron chi connectivity index (χ0n) is 8.86. The molecule has 5 heteroatoms. The van der Waals surface area contributed by atoms with Crippen LogP contribution in [0.4, 0.5) is 0 Å². The maximum Gasteiger partial charge on any atom is 0.271 e. The van der Waals surface area contributed by atoms with Crippen LogP contribution >= 0.6 is 27.3 Å². The van der Waals surface area contributed by atoms with E-state index in [4.69, 9.17) is 0 Å². The van der Waals surface area contributed by atoms with E-state index in [1.54, 1.807) is 10.9 Å². The van der Waals surface area contributed by atoms with Gasteiger partial charge in [-0.3, -0.25) is 9.36 Å². The summed E-state index contributed by atoms with van der Waals surface area (Å²) in [7, 11) is 0. The van der Waals surface area contributed by atoms with Crippen LogP contribution in [0.5, 0.6) is 0 Å². The standard InChI is InChI=1S/C11H13BrN2OS/c12-5-2-1-3-6-14-8-13-9-4-7-16-10(9)11(14)15/h4,7-8H,1-3,5-6H2. The largest absolute Gasteiger partial charge is 0.298 e. The number of rotatable bonds is 5. The van der Waals surface area contributed by atoms with Crippen LogP contribution < -0.4 is 5.56 Å². The second-order valence-corrected chi connectivity index (χ2v) is 5.34. The Morgan fingerprint density at radius 1 is 1.38 bits per heavy atom. The van der Waals surface area contributed by atoms with Gasteiger partial charge in [0.25, 0.3) is 5.56 Å². The molecule has 0 N–H and O–H groups in total. The smallest absolute Gasteiger partial charge is 0.271 e. The van der Waals surface area contributed by atoms with Crippen LogP contribution in [-0.2, 0) is 6.54 Å². The quantitative estimate of drug-likeness (QED) is 0.628. The third kappa shape index (κ3) is 2.52. The summed E-state index contributed by atoms with van der Waals surface area (Å²) >= 11 is 4.87. The molecule has 0 unspecified atom stereocenters. The molecule has 0 fully saturated rings. The number of hydrogen-bond acceptors (Lipinski definition) is 3. The minimum absolute atomic E-state index is 0.0962. The second kappa shape index (κ2) is 5.59. The van der Waals surface area contributed by atoms with Crippen molar-refractivity contribution in [3.8, 4) is 0 Å². The van der Waals surface area contributed by atoms with Crippen LogP contribution in [0.15, 0.2) is 22.6 Å². The molecule has 0 spiro atoms. The van der Waals surface area contributed by atoms with Gasteiger partial charge in [-0.1, -0.05) is 22.4 Å². The van der Waals surface area contributed by atoms with E-state index in [0.717, 1.165) is 41.4 Å². The van der Waals surface area contributed by atoms with Gasteiger partial charge < -0.3 is 0 Å². The average molecular weight is 301 g/mol. The van der Waals surface area contributed by atoms with Crippen molar-refractivity contribution in [2.24, 2.45) is 0 Å². The number of alkyl halides is 1. The molecule has 16 heavy (non-hydrogen) atoms. The van der Waals surface area contributed by atoms with Gasteiger partial charge in [-0.25, -0.2) is 4.98 Å². The van der Waals surface area contributed by atoms with Crippen LogP contribution in [0, 0.1) is 0 Å². The highest BCUT2D eigenvalue weighted by atomic mass is 79.9. The number of aromatic nitrogens is 2. The van der Waals surface area contributed by atoms with Crippen LogP contribution in [0.2, 0.25) is 0 Å². The third-order valence-electron chi connectivity index (χ3n) is 2.47. The summed E-state index contributed by atoms with van der Waals surface area (Å²) in [6.07, 6.45) is 4.99. The number of thiophene rings is 1. The van der Waals surface area contributed by atoms with Crippen LogP contribution in [-0.4, -0.2) is 14.9 Å². The van der Waals surface area contributed by atoms with Gasteiger partial charge in [-0.05, 0) is 24.3 Å². The number of aryl methyl sites for hydroxylation is 1. The van der Waals surface area contributed by atoms with Gasteiger partial charge in [-0.2, -0.15) is 0 Å². The first-order valence-corrected chi connectivity index (χ1v) is 7.31. The summed E-state index contributed by atoms with van der Waals surface area (Å²) in [5.74, 6) is 0. The van der Waals surface area contributed by atoms with E-state index >= 15 is 0 Å². The molecule has 0 aliphatic rings. The molecule has 2 heterocycles. The lowest BCUT2D eigenvalue weighted by molar-refractivity contribution is 0.587. The van der Waals surface area contributed by atoms with E-state index in [2.05, 4.69) is 20.9 Å². The van der Waals surface area contributed by atoms with Crippen molar-refractivity contribution in [2.45, 2.75) is 25.8 Å². The third-order valence-corrected chi connectivity index (χ3v) is 3.92. The molecule has 0 saturated heterocycles. The summed E-state index contributed by atoms with van der Waals surface area (Å²) in [6, 6.07) is 1.89. The predicted octanol–water partition coefficient (Wildman–Crippen LogP) is 3.02. The lowest BCUT2D eigenvalue weighted by Crippen LogP contribution is -2.19. The van der Waals surface area contributed by atoms with Gasteiger partial charge in [0.1, 0.15) is 4.70 Å². The first kappa shape index (κ1) is 11.8. The summed E-state index contributed by atoms with van der Waals surface area (Å²) in [6.45, 7) is 0.771. The van der Waals surface area contributed by atoms with Gasteiger partial charge >= 0.3 is 0 Å². The molecule has 0 bridgehead atoms. The molecule has 0 aromatic carbocycles. The number of halogens is 1. The monoisotopic (exact) mass is 300 g/mol. The Morgan fingerprint density at radius 2 is 2.25 bits per heavy atom. The fourth-order valence-electron chi connectivity index (χ4n) is 1.59. The molecule has 0 aliphatic carbocycles. The Balaban J connectivity index is 2.12. The molecule has 0 atom stereocenters. The molecule has 0 saturated carbocycles. The Hall–Kier alpha value is -0.680. The van der Waals surface area contributed by atoms with Crippen LogP contribution in [0.25, 0.3) is 10.2 Å². The van der Waals surface area contributed by atoms with Crippen molar-refractivity contribution >= 4 is 37.5 Å². The van der Waals surface area contributed by atoms with Crippen LogP contribution in [0.1, 0.15) is 19.3 Å². The molecule has 86 valence electrons. The van der Waals surface area contributed by atoms with Crippen molar-refractivity contribution in [3.05, 3.63) is 28.1 Å². The van der Waals surface area contributed by atoms with Gasteiger partial charge in [0.15, 0.2) is 0 Å². The van der Waals surface area contributed by atoms with Crippen molar-refractivity contribution in [1.29, 1.82) is 0 Å². The second-order valence-electron chi connectivity index (χ2n) is 3.63. The number of unbranched alkanes of at least 4 members (excludes halogenated alkanes) is 2. The van der Waals surface area contributed by atoms with E-state index in [1.165, 1.54) is 11.3 Å². The van der Waals surface area contributed by atoms with Crippen molar-refractivity contribution in [2.75, 3.05) is 5.33 Å². The minimum Gasteiger partial charge on any atom is -0.298 e. The van der Waals surface area contributed by atoms with Crippen molar-refractivity contribution in [1.82, 2.24) is 9.55 Å². The maximum absolute atomic E-state index is 12.0. The Labute approximate surface area is 106 Å². The minimum atomic E-state index is 0.0962. The van der Waals surface area contributed by atoms with Crippen molar-refractivity contribution < 1.29 is 0 Å². The molecule has 3 nitrogen and oxygen atoms in total. The lowest BCUT2D eigenvalue weighted by atomic mass is 10.2. The first-order chi connectivity index (χ1) is 7.83. The molecule has 2 aromatic heterocycles. The molecule has 0 radical (unpaired) electrons. The van der Waals surface area contributed by atoms with E-state index < -0.39 is 0 Å². The molecule has 0 aliphatic heterocycles. The fraction of sp³-hybridized carbons (Fsp3) is 0.455. The SMILES string of the molecule is O=c1c2sccc2ncn1CCCCCBr. The molecule has 2 aromatic rings. The van der Waals surface area contributed by atoms with E-state index in [0.29, 0.717) is 0 Å². The maximum atomic E-state index is 12.0. The Morgan fingerprint density at radius 3 is 3.06 bits per heavy atom. The first-order valence-electron chi connectivity index (χ1n) is 5.31. The highest BCUT2D eigenvalue weighted by Gasteiger charge is 2.04. The molecular formula is C11H13BrN2OS.